The van der Waals surface area contributed by atoms with Crippen LogP contribution >= 0.6 is 0 Å². The Morgan fingerprint density at radius 2 is 1.93 bits per heavy atom. The molecule has 0 aliphatic carbocycles. The molecule has 0 amide bonds. The lowest BCUT2D eigenvalue weighted by molar-refractivity contribution is -0.0713. The molecular formula is C24H24N4O. The number of rotatable bonds is 3. The number of nitrogens with zero attached hydrogens (tertiary/aromatic N) is 4. The molecule has 1 N–H and O–H groups in total. The number of aliphatic hydroxyl groups is 1. The Balaban J connectivity index is 1.50. The summed E-state index contributed by atoms with van der Waals surface area (Å²) in [5.41, 5.74) is 2.07. The summed E-state index contributed by atoms with van der Waals surface area (Å²) in [7, 11) is 0. The first-order valence-corrected chi connectivity index (χ1v) is 10.2. The predicted molar refractivity (Wildman–Crippen MR) is 112 cm³/mol. The molecule has 3 fully saturated rings. The van der Waals surface area contributed by atoms with Gasteiger partial charge in [-0.1, -0.05) is 42.2 Å². The molecule has 2 aromatic heterocycles. The molecule has 0 radical (unpaired) electrons. The van der Waals surface area contributed by atoms with Gasteiger partial charge in [0.2, 0.25) is 0 Å². The molecular weight excluding hydrogens is 360 g/mol. The first kappa shape index (κ1) is 18.1. The van der Waals surface area contributed by atoms with Crippen LogP contribution < -0.4 is 0 Å². The monoisotopic (exact) mass is 384 g/mol. The SMILES string of the molecule is OC1(C#Cc2ccc(-n3ccnc3)nc2Cc2ccccc2)CN2CCC1CC2. The van der Waals surface area contributed by atoms with E-state index in [9.17, 15) is 5.11 Å². The Bertz CT molecular complexity index is 1040. The predicted octanol–water partition coefficient (Wildman–Crippen LogP) is 2.67. The Kier molecular flexibility index (Phi) is 4.67. The van der Waals surface area contributed by atoms with Gasteiger partial charge in [-0.15, -0.1) is 0 Å². The van der Waals surface area contributed by atoms with E-state index >= 15 is 0 Å². The minimum absolute atomic E-state index is 0.274. The molecule has 3 saturated heterocycles. The third-order valence-corrected chi connectivity index (χ3v) is 6.08. The fourth-order valence-corrected chi connectivity index (χ4v) is 4.42. The molecule has 1 atom stereocenters. The van der Waals surface area contributed by atoms with Gasteiger partial charge >= 0.3 is 0 Å². The number of fused-ring (bicyclic) bond motifs is 3. The highest BCUT2D eigenvalue weighted by atomic mass is 16.3. The van der Waals surface area contributed by atoms with Crippen molar-refractivity contribution in [2.75, 3.05) is 19.6 Å². The van der Waals surface area contributed by atoms with Gasteiger partial charge in [-0.25, -0.2) is 9.97 Å². The van der Waals surface area contributed by atoms with Crippen molar-refractivity contribution in [3.63, 3.8) is 0 Å². The van der Waals surface area contributed by atoms with Crippen molar-refractivity contribution < 1.29 is 5.11 Å². The average molecular weight is 384 g/mol. The molecule has 3 aliphatic heterocycles. The summed E-state index contributed by atoms with van der Waals surface area (Å²) in [6.07, 6.45) is 8.13. The summed E-state index contributed by atoms with van der Waals surface area (Å²) in [6, 6.07) is 14.3. The van der Waals surface area contributed by atoms with Crippen molar-refractivity contribution in [3.8, 4) is 17.7 Å². The van der Waals surface area contributed by atoms with Gasteiger partial charge < -0.3 is 5.11 Å². The Morgan fingerprint density at radius 3 is 2.62 bits per heavy atom. The van der Waals surface area contributed by atoms with E-state index in [0.29, 0.717) is 13.0 Å². The molecule has 1 aromatic carbocycles. The van der Waals surface area contributed by atoms with Gasteiger partial charge in [0, 0.05) is 36.8 Å². The summed E-state index contributed by atoms with van der Waals surface area (Å²) in [5.74, 6) is 7.61. The number of imidazole rings is 1. The molecule has 29 heavy (non-hydrogen) atoms. The third-order valence-electron chi connectivity index (χ3n) is 6.08. The van der Waals surface area contributed by atoms with Crippen LogP contribution in [0.4, 0.5) is 0 Å². The molecule has 3 aliphatic rings. The molecule has 5 heteroatoms. The average Bonchev–Trinajstić information content (AvgIpc) is 3.29. The Morgan fingerprint density at radius 1 is 1.10 bits per heavy atom. The van der Waals surface area contributed by atoms with Crippen LogP contribution in [0.1, 0.15) is 29.7 Å². The summed E-state index contributed by atoms with van der Waals surface area (Å²) >= 11 is 0. The topological polar surface area (TPSA) is 54.2 Å². The van der Waals surface area contributed by atoms with Gasteiger partial charge in [0.25, 0.3) is 0 Å². The molecule has 2 bridgehead atoms. The normalized spacial score (nSPS) is 25.4. The number of pyridine rings is 1. The van der Waals surface area contributed by atoms with Gasteiger partial charge in [0.15, 0.2) is 0 Å². The number of hydrogen-bond acceptors (Lipinski definition) is 4. The number of aromatic nitrogens is 3. The van der Waals surface area contributed by atoms with Crippen LogP contribution in [-0.4, -0.2) is 49.8 Å². The van der Waals surface area contributed by atoms with E-state index in [-0.39, 0.29) is 5.92 Å². The Hall–Kier alpha value is -2.94. The van der Waals surface area contributed by atoms with Gasteiger partial charge in [0.1, 0.15) is 17.7 Å². The smallest absolute Gasteiger partial charge is 0.141 e. The second kappa shape index (κ2) is 7.47. The van der Waals surface area contributed by atoms with Crippen molar-refractivity contribution in [2.24, 2.45) is 5.92 Å². The maximum Gasteiger partial charge on any atom is 0.141 e. The van der Waals surface area contributed by atoms with E-state index in [2.05, 4.69) is 33.9 Å². The molecule has 0 saturated carbocycles. The minimum Gasteiger partial charge on any atom is -0.376 e. The van der Waals surface area contributed by atoms with Crippen LogP contribution in [0.25, 0.3) is 5.82 Å². The highest BCUT2D eigenvalue weighted by Crippen LogP contribution is 2.35. The second-order valence-electron chi connectivity index (χ2n) is 8.02. The van der Waals surface area contributed by atoms with E-state index in [0.717, 1.165) is 43.0 Å². The lowest BCUT2D eigenvalue weighted by Gasteiger charge is -2.47. The van der Waals surface area contributed by atoms with Gasteiger partial charge in [-0.2, -0.15) is 0 Å². The van der Waals surface area contributed by atoms with Crippen LogP contribution in [0.2, 0.25) is 0 Å². The first-order valence-electron chi connectivity index (χ1n) is 10.2. The second-order valence-corrected chi connectivity index (χ2v) is 8.02. The zero-order valence-electron chi connectivity index (χ0n) is 16.3. The summed E-state index contributed by atoms with van der Waals surface area (Å²) < 4.78 is 1.90. The zero-order chi connectivity index (χ0) is 19.7. The Labute approximate surface area is 171 Å². The van der Waals surface area contributed by atoms with Gasteiger partial charge in [0.05, 0.1) is 5.69 Å². The first-order chi connectivity index (χ1) is 14.2. The largest absolute Gasteiger partial charge is 0.376 e. The van der Waals surface area contributed by atoms with Crippen molar-refractivity contribution in [2.45, 2.75) is 24.9 Å². The highest BCUT2D eigenvalue weighted by molar-refractivity contribution is 5.45. The molecule has 1 unspecified atom stereocenters. The van der Waals surface area contributed by atoms with Crippen LogP contribution in [0.3, 0.4) is 0 Å². The third kappa shape index (κ3) is 3.69. The molecule has 5 heterocycles. The van der Waals surface area contributed by atoms with Crippen molar-refractivity contribution in [1.82, 2.24) is 19.4 Å². The maximum absolute atomic E-state index is 11.2. The summed E-state index contributed by atoms with van der Waals surface area (Å²) in [6.45, 7) is 2.81. The lowest BCUT2D eigenvalue weighted by atomic mass is 9.75. The van der Waals surface area contributed by atoms with E-state index < -0.39 is 5.60 Å². The highest BCUT2D eigenvalue weighted by Gasteiger charge is 2.44. The van der Waals surface area contributed by atoms with Crippen molar-refractivity contribution in [1.29, 1.82) is 0 Å². The van der Waals surface area contributed by atoms with Crippen LogP contribution in [0.15, 0.2) is 61.2 Å². The molecule has 6 rings (SSSR count). The molecule has 0 spiro atoms. The molecule has 5 nitrogen and oxygen atoms in total. The quantitative estimate of drug-likeness (QED) is 0.706. The minimum atomic E-state index is -0.913. The van der Waals surface area contributed by atoms with Crippen LogP contribution in [0, 0.1) is 17.8 Å². The van der Waals surface area contributed by atoms with E-state index in [4.69, 9.17) is 4.98 Å². The lowest BCUT2D eigenvalue weighted by Crippen LogP contribution is -2.58. The number of benzene rings is 1. The maximum atomic E-state index is 11.2. The molecule has 3 aromatic rings. The van der Waals surface area contributed by atoms with Gasteiger partial charge in [-0.05, 0) is 43.6 Å². The van der Waals surface area contributed by atoms with Crippen molar-refractivity contribution in [3.05, 3.63) is 78.0 Å². The number of hydrogen-bond donors (Lipinski definition) is 1. The van der Waals surface area contributed by atoms with E-state index in [1.807, 2.05) is 41.1 Å². The number of piperidine rings is 3. The fourth-order valence-electron chi connectivity index (χ4n) is 4.42. The van der Waals surface area contributed by atoms with Crippen LogP contribution in [0.5, 0.6) is 0 Å². The zero-order valence-corrected chi connectivity index (χ0v) is 16.3. The van der Waals surface area contributed by atoms with Crippen LogP contribution in [-0.2, 0) is 6.42 Å². The van der Waals surface area contributed by atoms with E-state index in [1.165, 1.54) is 5.56 Å². The summed E-state index contributed by atoms with van der Waals surface area (Å²) in [4.78, 5) is 11.3. The van der Waals surface area contributed by atoms with Gasteiger partial charge in [-0.3, -0.25) is 9.47 Å². The van der Waals surface area contributed by atoms with E-state index in [1.54, 1.807) is 12.5 Å². The summed E-state index contributed by atoms with van der Waals surface area (Å²) in [5, 5.41) is 11.2. The van der Waals surface area contributed by atoms with Crippen molar-refractivity contribution >= 4 is 0 Å². The fraction of sp³-hybridized carbons (Fsp3) is 0.333. The standard InChI is InChI=1S/C24H24N4O/c29-24(17-27-13-9-21(24)10-14-27)11-8-20-6-7-23(28-15-12-25-18-28)26-22(20)16-19-4-2-1-3-5-19/h1-7,12,15,18,21,29H,9-10,13-14,16-17H2. The molecule has 146 valence electrons.